The van der Waals surface area contributed by atoms with Crippen molar-refractivity contribution in [1.82, 2.24) is 14.5 Å². The lowest BCUT2D eigenvalue weighted by Crippen LogP contribution is -2.50. The number of hydrogen-bond donors (Lipinski definition) is 1. The van der Waals surface area contributed by atoms with Crippen LogP contribution in [-0.2, 0) is 26.2 Å². The summed E-state index contributed by atoms with van der Waals surface area (Å²) in [5.74, 6) is 1.99. The fourth-order valence-electron chi connectivity index (χ4n) is 6.47. The van der Waals surface area contributed by atoms with Gasteiger partial charge in [0.2, 0.25) is 15.9 Å². The predicted octanol–water partition coefficient (Wildman–Crippen LogP) is 3.92. The van der Waals surface area contributed by atoms with Crippen LogP contribution >= 0.6 is 0 Å². The summed E-state index contributed by atoms with van der Waals surface area (Å²) in [6.07, 6.45) is 8.43. The topological polar surface area (TPSA) is 99.2 Å². The van der Waals surface area contributed by atoms with Crippen LogP contribution in [0, 0.1) is 25.7 Å². The van der Waals surface area contributed by atoms with Gasteiger partial charge in [0.1, 0.15) is 11.4 Å². The zero-order valence-corrected chi connectivity index (χ0v) is 23.6. The highest BCUT2D eigenvalue weighted by Crippen LogP contribution is 2.36. The summed E-state index contributed by atoms with van der Waals surface area (Å²) in [5.41, 5.74) is 3.09. The van der Waals surface area contributed by atoms with Gasteiger partial charge in [0, 0.05) is 43.9 Å². The quantitative estimate of drug-likeness (QED) is 0.591. The van der Waals surface area contributed by atoms with Crippen molar-refractivity contribution in [2.45, 2.75) is 84.2 Å². The smallest absolute Gasteiger partial charge is 0.253 e. The molecule has 1 aromatic carbocycles. The van der Waals surface area contributed by atoms with Crippen molar-refractivity contribution in [3.05, 3.63) is 39.8 Å². The minimum absolute atomic E-state index is 0.0688. The Balaban J connectivity index is 1.23. The molecule has 0 atom stereocenters. The van der Waals surface area contributed by atoms with Crippen molar-refractivity contribution in [2.75, 3.05) is 19.6 Å². The van der Waals surface area contributed by atoms with Crippen LogP contribution in [-0.4, -0.2) is 60.4 Å². The van der Waals surface area contributed by atoms with E-state index in [4.69, 9.17) is 4.99 Å². The maximum atomic E-state index is 13.2. The van der Waals surface area contributed by atoms with Gasteiger partial charge in [-0.1, -0.05) is 31.9 Å². The number of nitrogens with one attached hydrogen (secondary N) is 1. The van der Waals surface area contributed by atoms with Gasteiger partial charge in [-0.25, -0.2) is 8.42 Å². The van der Waals surface area contributed by atoms with Crippen molar-refractivity contribution < 1.29 is 18.0 Å². The molecule has 1 saturated carbocycles. The Morgan fingerprint density at radius 3 is 2.32 bits per heavy atom. The van der Waals surface area contributed by atoms with Crippen molar-refractivity contribution in [1.29, 1.82) is 0 Å². The molecule has 0 radical (unpaired) electrons. The third-order valence-corrected chi connectivity index (χ3v) is 10.5. The Hall–Kier alpha value is -2.52. The van der Waals surface area contributed by atoms with Gasteiger partial charge in [-0.15, -0.1) is 0 Å². The molecular formula is C29H40N4O4S. The van der Waals surface area contributed by atoms with Gasteiger partial charge < -0.3 is 10.2 Å². The van der Waals surface area contributed by atoms with Crippen molar-refractivity contribution in [3.63, 3.8) is 0 Å². The van der Waals surface area contributed by atoms with Crippen molar-refractivity contribution >= 4 is 33.7 Å². The molecule has 3 fully saturated rings. The molecular weight excluding hydrogens is 500 g/mol. The second kappa shape index (κ2) is 10.6. The Labute approximate surface area is 226 Å². The fourth-order valence-corrected chi connectivity index (χ4v) is 7.64. The molecule has 1 spiro atoms. The highest BCUT2D eigenvalue weighted by atomic mass is 32.2. The lowest BCUT2D eigenvalue weighted by atomic mass is 9.82. The zero-order valence-electron chi connectivity index (χ0n) is 22.8. The van der Waals surface area contributed by atoms with E-state index in [-0.39, 0.29) is 24.9 Å². The number of amidine groups is 1. The largest absolute Gasteiger partial charge is 0.338 e. The molecule has 3 heterocycles. The summed E-state index contributed by atoms with van der Waals surface area (Å²) in [5, 5.41) is 4.34. The summed E-state index contributed by atoms with van der Waals surface area (Å²) in [7, 11) is -3.64. The molecule has 0 unspecified atom stereocenters. The van der Waals surface area contributed by atoms with E-state index in [0.717, 1.165) is 72.7 Å². The molecule has 4 aliphatic rings. The third-order valence-electron chi connectivity index (χ3n) is 8.92. The van der Waals surface area contributed by atoms with E-state index in [0.29, 0.717) is 31.7 Å². The van der Waals surface area contributed by atoms with Crippen LogP contribution in [0.5, 0.6) is 0 Å². The molecule has 2 amide bonds. The van der Waals surface area contributed by atoms with E-state index >= 15 is 0 Å². The Morgan fingerprint density at radius 1 is 1.05 bits per heavy atom. The number of piperidine rings is 1. The van der Waals surface area contributed by atoms with Crippen LogP contribution < -0.4 is 5.32 Å². The number of aliphatic imine (C=N–C) groups is 1. The number of carbonyl (C=O) groups is 2. The second-order valence-corrected chi connectivity index (χ2v) is 13.6. The average Bonchev–Trinajstić information content (AvgIpc) is 3.41. The van der Waals surface area contributed by atoms with Crippen LogP contribution in [0.3, 0.4) is 0 Å². The number of benzene rings is 1. The molecule has 5 rings (SSSR count). The number of rotatable bonds is 6. The number of hydrogen-bond acceptors (Lipinski definition) is 5. The van der Waals surface area contributed by atoms with Gasteiger partial charge in [-0.2, -0.15) is 4.31 Å². The standard InChI is InChI=1S/C29H40N4O4S/c1-20-6-8-24(9-7-20)27-30-28(35)29(31-27)11-14-33(15-12-29)38(36,37)16-10-25-21(2)17-23(18-22(25)3)19-32-13-4-5-26(32)34/h10,16-18,20,24H,4-9,11-15,19H2,1-3H3,(H,30,31,35)/b16-10+. The molecule has 9 heteroatoms. The van der Waals surface area contributed by atoms with Crippen LogP contribution in [0.2, 0.25) is 0 Å². The van der Waals surface area contributed by atoms with E-state index in [1.807, 2.05) is 30.9 Å². The summed E-state index contributed by atoms with van der Waals surface area (Å²) >= 11 is 0. The van der Waals surface area contributed by atoms with Crippen LogP contribution in [0.25, 0.3) is 6.08 Å². The number of likely N-dealkylation sites (tertiary alicyclic amines) is 1. The molecule has 0 aromatic heterocycles. The minimum atomic E-state index is -3.64. The number of amides is 2. The number of aryl methyl sites for hydroxylation is 2. The molecule has 2 saturated heterocycles. The Kier molecular flexibility index (Phi) is 7.52. The zero-order chi connectivity index (χ0) is 27.1. The Morgan fingerprint density at radius 2 is 1.71 bits per heavy atom. The summed E-state index contributed by atoms with van der Waals surface area (Å²) in [6.45, 7) is 8.16. The summed E-state index contributed by atoms with van der Waals surface area (Å²) < 4.78 is 27.9. The maximum Gasteiger partial charge on any atom is 0.253 e. The number of nitrogens with zero attached hydrogens (tertiary/aromatic N) is 3. The highest BCUT2D eigenvalue weighted by molar-refractivity contribution is 7.92. The summed E-state index contributed by atoms with van der Waals surface area (Å²) in [6, 6.07) is 4.08. The van der Waals surface area contributed by atoms with Crippen molar-refractivity contribution in [3.8, 4) is 0 Å². The van der Waals surface area contributed by atoms with E-state index in [1.54, 1.807) is 6.08 Å². The minimum Gasteiger partial charge on any atom is -0.338 e. The molecule has 0 bridgehead atoms. The first kappa shape index (κ1) is 27.1. The SMILES string of the molecule is Cc1cc(CN2CCCC2=O)cc(C)c1/C=C/S(=O)(=O)N1CCC2(CC1)N=C(C1CCC(C)CC1)NC2=O. The number of sulfonamides is 1. The lowest BCUT2D eigenvalue weighted by Gasteiger charge is -2.34. The third kappa shape index (κ3) is 5.45. The van der Waals surface area contributed by atoms with Gasteiger partial charge in [0.15, 0.2) is 0 Å². The van der Waals surface area contributed by atoms with Gasteiger partial charge in [0.25, 0.3) is 5.91 Å². The first-order chi connectivity index (χ1) is 18.1. The maximum absolute atomic E-state index is 13.2. The molecule has 38 heavy (non-hydrogen) atoms. The highest BCUT2D eigenvalue weighted by Gasteiger charge is 2.48. The molecule has 3 aliphatic heterocycles. The van der Waals surface area contributed by atoms with E-state index in [1.165, 1.54) is 9.71 Å². The monoisotopic (exact) mass is 540 g/mol. The van der Waals surface area contributed by atoms with Crippen LogP contribution in [0.15, 0.2) is 22.5 Å². The molecule has 1 aromatic rings. The van der Waals surface area contributed by atoms with Gasteiger partial charge in [-0.3, -0.25) is 14.6 Å². The molecule has 8 nitrogen and oxygen atoms in total. The first-order valence-electron chi connectivity index (χ1n) is 14.0. The first-order valence-corrected chi connectivity index (χ1v) is 15.5. The van der Waals surface area contributed by atoms with Gasteiger partial charge in [-0.05, 0) is 80.2 Å². The Bertz CT molecular complexity index is 1250. The lowest BCUT2D eigenvalue weighted by molar-refractivity contribution is -0.128. The molecule has 1 N–H and O–H groups in total. The van der Waals surface area contributed by atoms with Gasteiger partial charge in [0.05, 0.1) is 0 Å². The summed E-state index contributed by atoms with van der Waals surface area (Å²) in [4.78, 5) is 31.7. The van der Waals surface area contributed by atoms with E-state index < -0.39 is 15.6 Å². The molecule has 206 valence electrons. The van der Waals surface area contributed by atoms with Crippen LogP contribution in [0.1, 0.15) is 80.5 Å². The van der Waals surface area contributed by atoms with Crippen LogP contribution in [0.4, 0.5) is 0 Å². The number of carbonyl (C=O) groups excluding carboxylic acids is 2. The van der Waals surface area contributed by atoms with Gasteiger partial charge >= 0.3 is 0 Å². The normalized spacial score (nSPS) is 26.4. The van der Waals surface area contributed by atoms with Crippen molar-refractivity contribution in [2.24, 2.45) is 16.8 Å². The second-order valence-electron chi connectivity index (χ2n) is 11.7. The average molecular weight is 541 g/mol. The fraction of sp³-hybridized carbons (Fsp3) is 0.621. The molecule has 1 aliphatic carbocycles. The predicted molar refractivity (Wildman–Crippen MR) is 149 cm³/mol. The van der Waals surface area contributed by atoms with E-state index in [2.05, 4.69) is 12.2 Å². The van der Waals surface area contributed by atoms with E-state index in [9.17, 15) is 18.0 Å².